The van der Waals surface area contributed by atoms with Crippen LogP contribution in [0.25, 0.3) is 0 Å². The first-order valence-electron chi connectivity index (χ1n) is 6.48. The number of carbonyl (C=O) groups excluding carboxylic acids is 2. The minimum atomic E-state index is -0.366. The molecule has 2 rings (SSSR count). The minimum Gasteiger partial charge on any atom is -0.351 e. The Kier molecular flexibility index (Phi) is 4.68. The van der Waals surface area contributed by atoms with Crippen LogP contribution in [0.5, 0.6) is 0 Å². The molecule has 1 aromatic heterocycles. The van der Waals surface area contributed by atoms with Gasteiger partial charge in [0.1, 0.15) is 5.69 Å². The first-order valence-corrected chi connectivity index (χ1v) is 6.48. The second kappa shape index (κ2) is 6.67. The number of nitrogens with two attached hydrogens (primary N) is 1. The molecule has 0 atom stereocenters. The van der Waals surface area contributed by atoms with Crippen LogP contribution < -0.4 is 16.4 Å². The lowest BCUT2D eigenvalue weighted by molar-refractivity contribution is 0.0955. The molecular weight excluding hydrogens is 270 g/mol. The second-order valence-electron chi connectivity index (χ2n) is 4.47. The van der Waals surface area contributed by atoms with Crippen LogP contribution in [0, 0.1) is 0 Å². The highest BCUT2D eigenvalue weighted by atomic mass is 16.2. The Morgan fingerprint density at radius 2 is 2.05 bits per heavy atom. The second-order valence-corrected chi connectivity index (χ2v) is 4.47. The van der Waals surface area contributed by atoms with E-state index in [4.69, 9.17) is 5.73 Å². The molecule has 7 nitrogen and oxygen atoms in total. The highest BCUT2D eigenvalue weighted by Gasteiger charge is 2.14. The maximum atomic E-state index is 12.1. The summed E-state index contributed by atoms with van der Waals surface area (Å²) >= 11 is 0. The van der Waals surface area contributed by atoms with Gasteiger partial charge in [-0.1, -0.05) is 12.1 Å². The Balaban J connectivity index is 2.16. The van der Waals surface area contributed by atoms with E-state index in [-0.39, 0.29) is 17.5 Å². The van der Waals surface area contributed by atoms with E-state index in [2.05, 4.69) is 15.6 Å². The van der Waals surface area contributed by atoms with Gasteiger partial charge in [-0.15, -0.1) is 0 Å². The van der Waals surface area contributed by atoms with E-state index < -0.39 is 0 Å². The Hall–Kier alpha value is -2.67. The third kappa shape index (κ3) is 3.67. The molecule has 110 valence electrons. The molecule has 1 aromatic carbocycles. The quantitative estimate of drug-likeness (QED) is 0.739. The fourth-order valence-corrected chi connectivity index (χ4v) is 1.79. The van der Waals surface area contributed by atoms with E-state index in [1.807, 2.05) is 0 Å². The lowest BCUT2D eigenvalue weighted by atomic mass is 10.1. The van der Waals surface area contributed by atoms with Gasteiger partial charge < -0.3 is 20.9 Å². The average Bonchev–Trinajstić information content (AvgIpc) is 2.92. The van der Waals surface area contributed by atoms with Crippen LogP contribution in [-0.2, 0) is 7.05 Å². The zero-order valence-electron chi connectivity index (χ0n) is 11.7. The van der Waals surface area contributed by atoms with Gasteiger partial charge in [0.25, 0.3) is 11.8 Å². The molecule has 0 fully saturated rings. The molecule has 0 unspecified atom stereocenters. The van der Waals surface area contributed by atoms with E-state index in [1.165, 1.54) is 6.33 Å². The standard InChI is InChI=1S/C14H17N5O2/c1-19-8-12(17-9-19)14(21)18-11-5-3-2-4-10(11)13(20)16-7-6-15/h2-5,8-9H,6-7,15H2,1H3,(H,16,20)(H,18,21). The van der Waals surface area contributed by atoms with E-state index in [9.17, 15) is 9.59 Å². The molecule has 0 saturated carbocycles. The summed E-state index contributed by atoms with van der Waals surface area (Å²) in [4.78, 5) is 28.1. The number of nitrogens with one attached hydrogen (secondary N) is 2. The summed E-state index contributed by atoms with van der Waals surface area (Å²) < 4.78 is 1.68. The summed E-state index contributed by atoms with van der Waals surface area (Å²) in [5.74, 6) is -0.646. The van der Waals surface area contributed by atoms with Crippen molar-refractivity contribution in [1.29, 1.82) is 0 Å². The summed E-state index contributed by atoms with van der Waals surface area (Å²) in [6.07, 6.45) is 3.14. The number of carbonyl (C=O) groups is 2. The number of aryl methyl sites for hydroxylation is 1. The molecule has 0 saturated heterocycles. The van der Waals surface area contributed by atoms with E-state index >= 15 is 0 Å². The number of rotatable bonds is 5. The molecule has 2 amide bonds. The number of para-hydroxylation sites is 1. The van der Waals surface area contributed by atoms with Crippen molar-refractivity contribution in [1.82, 2.24) is 14.9 Å². The molecule has 7 heteroatoms. The normalized spacial score (nSPS) is 10.2. The van der Waals surface area contributed by atoms with Crippen molar-refractivity contribution in [3.63, 3.8) is 0 Å². The lowest BCUT2D eigenvalue weighted by Gasteiger charge is -2.10. The number of aromatic nitrogens is 2. The van der Waals surface area contributed by atoms with Gasteiger partial charge in [0.2, 0.25) is 0 Å². The summed E-state index contributed by atoms with van der Waals surface area (Å²) in [5, 5.41) is 5.36. The van der Waals surface area contributed by atoms with Gasteiger partial charge >= 0.3 is 0 Å². The van der Waals surface area contributed by atoms with Crippen molar-refractivity contribution in [2.24, 2.45) is 12.8 Å². The SMILES string of the molecule is Cn1cnc(C(=O)Nc2ccccc2C(=O)NCCN)c1. The maximum Gasteiger partial charge on any atom is 0.275 e. The number of benzene rings is 1. The molecular formula is C14H17N5O2. The Labute approximate surface area is 122 Å². The minimum absolute atomic E-state index is 0.280. The van der Waals surface area contributed by atoms with Crippen molar-refractivity contribution in [3.8, 4) is 0 Å². The number of hydrogen-bond donors (Lipinski definition) is 3. The van der Waals surface area contributed by atoms with Crippen molar-refractivity contribution in [2.75, 3.05) is 18.4 Å². The van der Waals surface area contributed by atoms with Gasteiger partial charge in [-0.2, -0.15) is 0 Å². The van der Waals surface area contributed by atoms with Crippen LogP contribution in [-0.4, -0.2) is 34.5 Å². The van der Waals surface area contributed by atoms with Crippen molar-refractivity contribution >= 4 is 17.5 Å². The van der Waals surface area contributed by atoms with E-state index in [0.717, 1.165) is 0 Å². The van der Waals surface area contributed by atoms with Gasteiger partial charge in [0.15, 0.2) is 0 Å². The number of imidazole rings is 1. The third-order valence-corrected chi connectivity index (χ3v) is 2.79. The summed E-state index contributed by atoms with van der Waals surface area (Å²) in [7, 11) is 1.78. The molecule has 2 aromatic rings. The molecule has 4 N–H and O–H groups in total. The third-order valence-electron chi connectivity index (χ3n) is 2.79. The van der Waals surface area contributed by atoms with Crippen molar-refractivity contribution in [2.45, 2.75) is 0 Å². The van der Waals surface area contributed by atoms with Gasteiger partial charge in [0.05, 0.1) is 17.6 Å². The highest BCUT2D eigenvalue weighted by molar-refractivity contribution is 6.08. The number of hydrogen-bond acceptors (Lipinski definition) is 4. The van der Waals surface area contributed by atoms with E-state index in [0.29, 0.717) is 24.3 Å². The number of nitrogens with zero attached hydrogens (tertiary/aromatic N) is 2. The highest BCUT2D eigenvalue weighted by Crippen LogP contribution is 2.15. The van der Waals surface area contributed by atoms with Crippen LogP contribution in [0.4, 0.5) is 5.69 Å². The van der Waals surface area contributed by atoms with Gasteiger partial charge in [-0.25, -0.2) is 4.98 Å². The zero-order valence-corrected chi connectivity index (χ0v) is 11.7. The topological polar surface area (TPSA) is 102 Å². The van der Waals surface area contributed by atoms with E-state index in [1.54, 1.807) is 42.1 Å². The van der Waals surface area contributed by atoms with Crippen molar-refractivity contribution in [3.05, 3.63) is 48.0 Å². The molecule has 0 aliphatic heterocycles. The Morgan fingerprint density at radius 1 is 1.29 bits per heavy atom. The maximum absolute atomic E-state index is 12.1. The molecule has 0 radical (unpaired) electrons. The van der Waals surface area contributed by atoms with Gasteiger partial charge in [0, 0.05) is 26.3 Å². The molecule has 1 heterocycles. The Morgan fingerprint density at radius 3 is 2.71 bits per heavy atom. The zero-order chi connectivity index (χ0) is 15.2. The van der Waals surface area contributed by atoms with Crippen molar-refractivity contribution < 1.29 is 9.59 Å². The predicted octanol–water partition coefficient (Wildman–Crippen LogP) is 0.361. The van der Waals surface area contributed by atoms with Gasteiger partial charge in [-0.3, -0.25) is 9.59 Å². The van der Waals surface area contributed by atoms with Crippen LogP contribution in [0.1, 0.15) is 20.8 Å². The lowest BCUT2D eigenvalue weighted by Crippen LogP contribution is -2.30. The van der Waals surface area contributed by atoms with Crippen LogP contribution in [0.3, 0.4) is 0 Å². The molecule has 0 bridgehead atoms. The summed E-state index contributed by atoms with van der Waals surface area (Å²) in [5.41, 5.74) is 6.46. The van der Waals surface area contributed by atoms with Crippen LogP contribution in [0.15, 0.2) is 36.8 Å². The average molecular weight is 287 g/mol. The summed E-state index contributed by atoms with van der Waals surface area (Å²) in [6, 6.07) is 6.78. The fourth-order valence-electron chi connectivity index (χ4n) is 1.79. The molecule has 21 heavy (non-hydrogen) atoms. The molecule has 0 aliphatic rings. The van der Waals surface area contributed by atoms with Gasteiger partial charge in [-0.05, 0) is 12.1 Å². The van der Waals surface area contributed by atoms with Crippen LogP contribution >= 0.6 is 0 Å². The molecule has 0 aliphatic carbocycles. The largest absolute Gasteiger partial charge is 0.351 e. The predicted molar refractivity (Wildman–Crippen MR) is 79.0 cm³/mol. The summed E-state index contributed by atoms with van der Waals surface area (Å²) in [6.45, 7) is 0.732. The number of anilines is 1. The monoisotopic (exact) mass is 287 g/mol. The Bertz CT molecular complexity index is 650. The van der Waals surface area contributed by atoms with Crippen LogP contribution in [0.2, 0.25) is 0 Å². The number of amides is 2. The fraction of sp³-hybridized carbons (Fsp3) is 0.214. The molecule has 0 spiro atoms. The first-order chi connectivity index (χ1) is 10.1. The first kappa shape index (κ1) is 14.7. The smallest absolute Gasteiger partial charge is 0.275 e.